The molecule has 16 heavy (non-hydrogen) atoms. The van der Waals surface area contributed by atoms with Crippen molar-refractivity contribution in [2.24, 2.45) is 0 Å². The fourth-order valence-electron chi connectivity index (χ4n) is 1.72. The second kappa shape index (κ2) is 5.87. The molecule has 0 aliphatic heterocycles. The van der Waals surface area contributed by atoms with Gasteiger partial charge in [0.2, 0.25) is 0 Å². The molecule has 0 aliphatic carbocycles. The average molecular weight is 223 g/mol. The minimum Gasteiger partial charge on any atom is -0.374 e. The summed E-state index contributed by atoms with van der Waals surface area (Å²) in [7, 11) is 0. The summed E-state index contributed by atoms with van der Waals surface area (Å²) < 4.78 is 0. The summed E-state index contributed by atoms with van der Waals surface area (Å²) in [5.74, 6) is 0. The van der Waals surface area contributed by atoms with Crippen molar-refractivity contribution >= 4 is 5.69 Å². The predicted molar refractivity (Wildman–Crippen MR) is 66.3 cm³/mol. The number of aliphatic hydroxyl groups is 2. The van der Waals surface area contributed by atoms with Crippen molar-refractivity contribution in [2.45, 2.75) is 46.1 Å². The summed E-state index contributed by atoms with van der Waals surface area (Å²) in [6, 6.07) is 7.81. The molecule has 1 rings (SSSR count). The third-order valence-corrected chi connectivity index (χ3v) is 2.67. The first kappa shape index (κ1) is 13.0. The third kappa shape index (κ3) is 2.97. The van der Waals surface area contributed by atoms with E-state index in [9.17, 15) is 10.2 Å². The van der Waals surface area contributed by atoms with Crippen LogP contribution < -0.4 is 4.90 Å². The van der Waals surface area contributed by atoms with Crippen molar-refractivity contribution in [3.8, 4) is 0 Å². The van der Waals surface area contributed by atoms with E-state index in [0.29, 0.717) is 12.8 Å². The number of hydrogen-bond acceptors (Lipinski definition) is 3. The number of aryl methyl sites for hydroxylation is 1. The molecule has 2 N–H and O–H groups in total. The topological polar surface area (TPSA) is 43.7 Å². The summed E-state index contributed by atoms with van der Waals surface area (Å²) in [6.07, 6.45) is -0.107. The van der Waals surface area contributed by atoms with E-state index in [1.54, 1.807) is 4.90 Å². The highest BCUT2D eigenvalue weighted by Crippen LogP contribution is 2.22. The lowest BCUT2D eigenvalue weighted by Crippen LogP contribution is -2.43. The van der Waals surface area contributed by atoms with Crippen LogP contribution in [-0.4, -0.2) is 22.7 Å². The Kier molecular flexibility index (Phi) is 4.77. The van der Waals surface area contributed by atoms with Gasteiger partial charge in [-0.05, 0) is 37.5 Å². The molecule has 90 valence electrons. The predicted octanol–water partition coefficient (Wildman–Crippen LogP) is 2.26. The molecule has 2 unspecified atom stereocenters. The Bertz CT molecular complexity index is 317. The van der Waals surface area contributed by atoms with Crippen LogP contribution in [0.2, 0.25) is 0 Å². The van der Waals surface area contributed by atoms with E-state index >= 15 is 0 Å². The molecule has 0 spiro atoms. The van der Waals surface area contributed by atoms with E-state index < -0.39 is 12.5 Å². The van der Waals surface area contributed by atoms with Crippen LogP contribution in [0.3, 0.4) is 0 Å². The maximum Gasteiger partial charge on any atom is 0.128 e. The van der Waals surface area contributed by atoms with Gasteiger partial charge in [-0.1, -0.05) is 26.0 Å². The van der Waals surface area contributed by atoms with E-state index in [4.69, 9.17) is 0 Å². The molecule has 1 aromatic carbocycles. The zero-order valence-corrected chi connectivity index (χ0v) is 10.2. The molecule has 2 atom stereocenters. The van der Waals surface area contributed by atoms with Crippen molar-refractivity contribution in [2.75, 3.05) is 4.90 Å². The zero-order chi connectivity index (χ0) is 12.1. The summed E-state index contributed by atoms with van der Waals surface area (Å²) in [4.78, 5) is 1.66. The Labute approximate surface area is 97.3 Å². The third-order valence-electron chi connectivity index (χ3n) is 2.67. The molecule has 0 amide bonds. The highest BCUT2D eigenvalue weighted by atomic mass is 16.3. The molecule has 0 radical (unpaired) electrons. The molecule has 3 heteroatoms. The fraction of sp³-hybridized carbons (Fsp3) is 0.538. The lowest BCUT2D eigenvalue weighted by molar-refractivity contribution is 0.0798. The van der Waals surface area contributed by atoms with Gasteiger partial charge in [-0.2, -0.15) is 0 Å². The van der Waals surface area contributed by atoms with Gasteiger partial charge in [-0.15, -0.1) is 0 Å². The first-order valence-corrected chi connectivity index (χ1v) is 5.81. The molecular formula is C13H21NO2. The van der Waals surface area contributed by atoms with Crippen LogP contribution in [0.25, 0.3) is 0 Å². The van der Waals surface area contributed by atoms with Gasteiger partial charge in [0.05, 0.1) is 0 Å². The first-order valence-electron chi connectivity index (χ1n) is 5.81. The van der Waals surface area contributed by atoms with Crippen molar-refractivity contribution < 1.29 is 10.2 Å². The molecule has 1 aromatic rings. The molecule has 0 saturated carbocycles. The Morgan fingerprint density at radius 2 is 1.69 bits per heavy atom. The maximum atomic E-state index is 9.93. The van der Waals surface area contributed by atoms with Crippen LogP contribution in [0.4, 0.5) is 5.69 Å². The van der Waals surface area contributed by atoms with Gasteiger partial charge < -0.3 is 15.1 Å². The largest absolute Gasteiger partial charge is 0.374 e. The second-order valence-electron chi connectivity index (χ2n) is 4.02. The van der Waals surface area contributed by atoms with Crippen molar-refractivity contribution in [3.63, 3.8) is 0 Å². The molecule has 0 saturated heterocycles. The summed E-state index contributed by atoms with van der Waals surface area (Å²) in [5, 5.41) is 19.9. The Morgan fingerprint density at radius 3 is 2.12 bits per heavy atom. The van der Waals surface area contributed by atoms with Gasteiger partial charge in [0.1, 0.15) is 12.5 Å². The van der Waals surface area contributed by atoms with Gasteiger partial charge in [-0.25, -0.2) is 0 Å². The summed E-state index contributed by atoms with van der Waals surface area (Å²) in [6.45, 7) is 5.80. The quantitative estimate of drug-likeness (QED) is 0.752. The standard InChI is InChI=1S/C13H21NO2/c1-4-12(15)14(13(16)5-2)11-8-6-7-10(3)9-11/h6-9,12-13,15-16H,4-5H2,1-3H3. The number of rotatable bonds is 5. The van der Waals surface area contributed by atoms with E-state index in [0.717, 1.165) is 11.3 Å². The van der Waals surface area contributed by atoms with E-state index in [1.165, 1.54) is 0 Å². The molecule has 0 fully saturated rings. The number of anilines is 1. The number of hydrogen-bond donors (Lipinski definition) is 2. The van der Waals surface area contributed by atoms with E-state index in [1.807, 2.05) is 45.0 Å². The first-order chi connectivity index (χ1) is 7.60. The van der Waals surface area contributed by atoms with Gasteiger partial charge >= 0.3 is 0 Å². The summed E-state index contributed by atoms with van der Waals surface area (Å²) in [5.41, 5.74) is 1.98. The lowest BCUT2D eigenvalue weighted by atomic mass is 10.2. The highest BCUT2D eigenvalue weighted by Gasteiger charge is 2.20. The van der Waals surface area contributed by atoms with Crippen molar-refractivity contribution in [1.29, 1.82) is 0 Å². The second-order valence-corrected chi connectivity index (χ2v) is 4.02. The van der Waals surface area contributed by atoms with Gasteiger partial charge in [-0.3, -0.25) is 0 Å². The number of nitrogens with zero attached hydrogens (tertiary/aromatic N) is 1. The van der Waals surface area contributed by atoms with E-state index in [-0.39, 0.29) is 0 Å². The molecule has 3 nitrogen and oxygen atoms in total. The lowest BCUT2D eigenvalue weighted by Gasteiger charge is -2.33. The average Bonchev–Trinajstić information content (AvgIpc) is 2.29. The van der Waals surface area contributed by atoms with Gasteiger partial charge in [0, 0.05) is 5.69 Å². The van der Waals surface area contributed by atoms with Crippen LogP contribution in [0.5, 0.6) is 0 Å². The van der Waals surface area contributed by atoms with Crippen molar-refractivity contribution in [1.82, 2.24) is 0 Å². The van der Waals surface area contributed by atoms with E-state index in [2.05, 4.69) is 0 Å². The molecule has 0 aromatic heterocycles. The minimum atomic E-state index is -0.642. The summed E-state index contributed by atoms with van der Waals surface area (Å²) >= 11 is 0. The van der Waals surface area contributed by atoms with Crippen LogP contribution in [-0.2, 0) is 0 Å². The van der Waals surface area contributed by atoms with Gasteiger partial charge in [0.15, 0.2) is 0 Å². The number of benzene rings is 1. The molecule has 0 heterocycles. The fourth-order valence-corrected chi connectivity index (χ4v) is 1.72. The van der Waals surface area contributed by atoms with Gasteiger partial charge in [0.25, 0.3) is 0 Å². The SMILES string of the molecule is CCC(O)N(c1cccc(C)c1)C(O)CC. The van der Waals surface area contributed by atoms with Crippen LogP contribution in [0.15, 0.2) is 24.3 Å². The minimum absolute atomic E-state index is 0.588. The van der Waals surface area contributed by atoms with Crippen LogP contribution in [0, 0.1) is 6.92 Å². The monoisotopic (exact) mass is 223 g/mol. The normalized spacial score (nSPS) is 14.6. The Balaban J connectivity index is 3.00. The Hall–Kier alpha value is -1.06. The highest BCUT2D eigenvalue weighted by molar-refractivity contribution is 5.49. The molecule has 0 aliphatic rings. The van der Waals surface area contributed by atoms with Crippen molar-refractivity contribution in [3.05, 3.63) is 29.8 Å². The number of aliphatic hydroxyl groups excluding tert-OH is 2. The zero-order valence-electron chi connectivity index (χ0n) is 10.2. The molecule has 0 bridgehead atoms. The van der Waals surface area contributed by atoms with Crippen LogP contribution >= 0.6 is 0 Å². The van der Waals surface area contributed by atoms with Crippen LogP contribution in [0.1, 0.15) is 32.3 Å². The maximum absolute atomic E-state index is 9.93. The Morgan fingerprint density at radius 1 is 1.12 bits per heavy atom. The smallest absolute Gasteiger partial charge is 0.128 e. The molecular weight excluding hydrogens is 202 g/mol.